The molecule has 2 N–H and O–H groups in total. The van der Waals surface area contributed by atoms with Crippen LogP contribution in [0.3, 0.4) is 0 Å². The summed E-state index contributed by atoms with van der Waals surface area (Å²) in [6, 6.07) is 1.22. The SMILES string of the molecule is COC[C@@H](O)[C@@H](C)OCn1ccc(=O)[nH]c1=O. The van der Waals surface area contributed by atoms with E-state index in [0.29, 0.717) is 0 Å². The van der Waals surface area contributed by atoms with E-state index in [1.54, 1.807) is 6.92 Å². The molecule has 0 fully saturated rings. The van der Waals surface area contributed by atoms with Crippen LogP contribution < -0.4 is 11.2 Å². The number of nitrogens with one attached hydrogen (secondary N) is 1. The molecule has 0 unspecified atom stereocenters. The van der Waals surface area contributed by atoms with Crippen molar-refractivity contribution in [2.45, 2.75) is 25.9 Å². The molecule has 0 aliphatic rings. The van der Waals surface area contributed by atoms with Gasteiger partial charge in [0.1, 0.15) is 12.8 Å². The molecule has 1 aromatic heterocycles. The zero-order valence-corrected chi connectivity index (χ0v) is 9.75. The van der Waals surface area contributed by atoms with E-state index in [2.05, 4.69) is 4.98 Å². The summed E-state index contributed by atoms with van der Waals surface area (Å²) >= 11 is 0. The smallest absolute Gasteiger partial charge is 0.330 e. The number of ether oxygens (including phenoxy) is 2. The molecule has 7 nitrogen and oxygen atoms in total. The lowest BCUT2D eigenvalue weighted by atomic mass is 10.2. The summed E-state index contributed by atoms with van der Waals surface area (Å²) in [6.45, 7) is 1.78. The Hall–Kier alpha value is -1.44. The molecular weight excluding hydrogens is 228 g/mol. The Morgan fingerprint density at radius 2 is 2.24 bits per heavy atom. The van der Waals surface area contributed by atoms with Crippen LogP contribution in [0.4, 0.5) is 0 Å². The normalized spacial score (nSPS) is 14.5. The molecule has 0 saturated carbocycles. The fourth-order valence-corrected chi connectivity index (χ4v) is 1.16. The molecule has 0 aliphatic heterocycles. The zero-order chi connectivity index (χ0) is 12.8. The third-order valence-corrected chi connectivity index (χ3v) is 2.25. The zero-order valence-electron chi connectivity index (χ0n) is 9.75. The fourth-order valence-electron chi connectivity index (χ4n) is 1.16. The molecule has 17 heavy (non-hydrogen) atoms. The summed E-state index contributed by atoms with van der Waals surface area (Å²) in [5.74, 6) is 0. The van der Waals surface area contributed by atoms with Gasteiger partial charge in [-0.2, -0.15) is 0 Å². The first-order valence-electron chi connectivity index (χ1n) is 5.13. The molecule has 0 spiro atoms. The average molecular weight is 244 g/mol. The first-order valence-corrected chi connectivity index (χ1v) is 5.13. The Labute approximate surface area is 97.6 Å². The Kier molecular flexibility index (Phi) is 5.08. The van der Waals surface area contributed by atoms with Crippen molar-refractivity contribution in [3.05, 3.63) is 33.1 Å². The Balaban J connectivity index is 2.55. The van der Waals surface area contributed by atoms with E-state index < -0.39 is 23.5 Å². The van der Waals surface area contributed by atoms with Crippen molar-refractivity contribution >= 4 is 0 Å². The van der Waals surface area contributed by atoms with Gasteiger partial charge in [0.25, 0.3) is 5.56 Å². The number of methoxy groups -OCH3 is 1. The fraction of sp³-hybridized carbons (Fsp3) is 0.600. The lowest BCUT2D eigenvalue weighted by Gasteiger charge is -2.18. The Bertz CT molecular complexity index is 452. The molecule has 0 aromatic carbocycles. The molecule has 0 bridgehead atoms. The van der Waals surface area contributed by atoms with Gasteiger partial charge in [-0.3, -0.25) is 14.3 Å². The summed E-state index contributed by atoms with van der Waals surface area (Å²) in [4.78, 5) is 24.2. The summed E-state index contributed by atoms with van der Waals surface area (Å²) in [7, 11) is 1.47. The van der Waals surface area contributed by atoms with E-state index in [9.17, 15) is 14.7 Å². The number of nitrogens with zero attached hydrogens (tertiary/aromatic N) is 1. The summed E-state index contributed by atoms with van der Waals surface area (Å²) in [5, 5.41) is 9.51. The molecule has 1 aromatic rings. The van der Waals surface area contributed by atoms with Crippen molar-refractivity contribution in [1.82, 2.24) is 9.55 Å². The molecule has 0 radical (unpaired) electrons. The van der Waals surface area contributed by atoms with Gasteiger partial charge in [0.15, 0.2) is 0 Å². The monoisotopic (exact) mass is 244 g/mol. The van der Waals surface area contributed by atoms with Gasteiger partial charge in [0, 0.05) is 19.4 Å². The second kappa shape index (κ2) is 6.33. The number of aromatic amines is 1. The molecule has 2 atom stereocenters. The maximum atomic E-state index is 11.3. The van der Waals surface area contributed by atoms with E-state index in [0.717, 1.165) is 0 Å². The Morgan fingerprint density at radius 1 is 1.53 bits per heavy atom. The number of hydrogen-bond donors (Lipinski definition) is 2. The molecule has 7 heteroatoms. The van der Waals surface area contributed by atoms with Crippen LogP contribution in [0.5, 0.6) is 0 Å². The number of aliphatic hydroxyl groups excluding tert-OH is 1. The summed E-state index contributed by atoms with van der Waals surface area (Å²) < 4.78 is 11.2. The predicted octanol–water partition coefficient (Wildman–Crippen LogP) is -1.09. The van der Waals surface area contributed by atoms with Crippen LogP contribution in [0.15, 0.2) is 21.9 Å². The van der Waals surface area contributed by atoms with Crippen LogP contribution in [-0.2, 0) is 16.2 Å². The van der Waals surface area contributed by atoms with E-state index in [4.69, 9.17) is 9.47 Å². The van der Waals surface area contributed by atoms with Crippen molar-refractivity contribution in [1.29, 1.82) is 0 Å². The number of aliphatic hydroxyl groups is 1. The van der Waals surface area contributed by atoms with Crippen molar-refractivity contribution in [2.24, 2.45) is 0 Å². The quantitative estimate of drug-likeness (QED) is 0.663. The van der Waals surface area contributed by atoms with Crippen LogP contribution >= 0.6 is 0 Å². The van der Waals surface area contributed by atoms with Crippen molar-refractivity contribution in [3.8, 4) is 0 Å². The topological polar surface area (TPSA) is 93.5 Å². The largest absolute Gasteiger partial charge is 0.388 e. The van der Waals surface area contributed by atoms with E-state index in [1.807, 2.05) is 0 Å². The number of rotatable bonds is 6. The molecular formula is C10H16N2O5. The molecule has 96 valence electrons. The molecule has 0 saturated heterocycles. The second-order valence-electron chi connectivity index (χ2n) is 3.60. The highest BCUT2D eigenvalue weighted by Gasteiger charge is 2.14. The molecule has 0 amide bonds. The number of hydrogen-bond acceptors (Lipinski definition) is 5. The molecule has 0 aliphatic carbocycles. The van der Waals surface area contributed by atoms with Gasteiger partial charge in [0.05, 0.1) is 12.7 Å². The minimum Gasteiger partial charge on any atom is -0.388 e. The summed E-state index contributed by atoms with van der Waals surface area (Å²) in [6.07, 6.45) is 0.0867. The van der Waals surface area contributed by atoms with Gasteiger partial charge >= 0.3 is 5.69 Å². The van der Waals surface area contributed by atoms with Crippen molar-refractivity contribution in [2.75, 3.05) is 13.7 Å². The van der Waals surface area contributed by atoms with Crippen molar-refractivity contribution < 1.29 is 14.6 Å². The highest BCUT2D eigenvalue weighted by atomic mass is 16.5. The van der Waals surface area contributed by atoms with Gasteiger partial charge < -0.3 is 14.6 Å². The van der Waals surface area contributed by atoms with Gasteiger partial charge in [-0.05, 0) is 6.92 Å². The second-order valence-corrected chi connectivity index (χ2v) is 3.60. The highest BCUT2D eigenvalue weighted by molar-refractivity contribution is 4.81. The van der Waals surface area contributed by atoms with Crippen LogP contribution in [0.1, 0.15) is 6.92 Å². The lowest BCUT2D eigenvalue weighted by molar-refractivity contribution is -0.0783. The number of aromatic nitrogens is 2. The first kappa shape index (κ1) is 13.6. The standard InChI is InChI=1S/C10H16N2O5/c1-7(8(13)5-16-2)17-6-12-4-3-9(14)11-10(12)15/h3-4,7-8,13H,5-6H2,1-2H3,(H,11,14,15)/t7-,8-/m1/s1. The minimum absolute atomic E-state index is 0.0441. The maximum absolute atomic E-state index is 11.3. The van der Waals surface area contributed by atoms with Crippen LogP contribution in [0.25, 0.3) is 0 Å². The Morgan fingerprint density at radius 3 is 2.82 bits per heavy atom. The van der Waals surface area contributed by atoms with Gasteiger partial charge in [-0.15, -0.1) is 0 Å². The average Bonchev–Trinajstić information content (AvgIpc) is 2.27. The van der Waals surface area contributed by atoms with Gasteiger partial charge in [-0.1, -0.05) is 0 Å². The third-order valence-electron chi connectivity index (χ3n) is 2.25. The van der Waals surface area contributed by atoms with Crippen molar-refractivity contribution in [3.63, 3.8) is 0 Å². The van der Waals surface area contributed by atoms with E-state index >= 15 is 0 Å². The molecule has 1 rings (SSSR count). The maximum Gasteiger partial charge on any atom is 0.330 e. The van der Waals surface area contributed by atoms with Gasteiger partial charge in [-0.25, -0.2) is 4.79 Å². The van der Waals surface area contributed by atoms with Gasteiger partial charge in [0.2, 0.25) is 0 Å². The third kappa shape index (κ3) is 4.14. The minimum atomic E-state index is -0.765. The van der Waals surface area contributed by atoms with E-state index in [1.165, 1.54) is 23.9 Å². The van der Waals surface area contributed by atoms with Crippen LogP contribution in [0.2, 0.25) is 0 Å². The highest BCUT2D eigenvalue weighted by Crippen LogP contribution is 1.99. The summed E-state index contributed by atoms with van der Waals surface area (Å²) in [5.41, 5.74) is -1.01. The number of H-pyrrole nitrogens is 1. The molecule has 1 heterocycles. The van der Waals surface area contributed by atoms with Crippen LogP contribution in [0, 0.1) is 0 Å². The predicted molar refractivity (Wildman–Crippen MR) is 59.8 cm³/mol. The lowest BCUT2D eigenvalue weighted by Crippen LogP contribution is -2.34. The van der Waals surface area contributed by atoms with Crippen LogP contribution in [-0.4, -0.2) is 40.6 Å². The van der Waals surface area contributed by atoms with E-state index in [-0.39, 0.29) is 13.3 Å². The first-order chi connectivity index (χ1) is 8.04.